The van der Waals surface area contributed by atoms with Gasteiger partial charge in [0, 0.05) is 6.42 Å². The zero-order valence-electron chi connectivity index (χ0n) is 19.6. The average Bonchev–Trinajstić information content (AvgIpc) is 3.35. The van der Waals surface area contributed by atoms with Crippen molar-refractivity contribution in [2.24, 2.45) is 0 Å². The molecule has 0 saturated heterocycles. The van der Waals surface area contributed by atoms with Crippen LogP contribution in [0.15, 0.2) is 72.8 Å². The summed E-state index contributed by atoms with van der Waals surface area (Å²) < 4.78 is 0. The SMILES string of the molecule is O=C(Cc1ccccc1)Nc1ccc(CCCCc2nnc(NC(O)[C@H](O)c3ccccc3)s2)nn1. The van der Waals surface area contributed by atoms with Crippen LogP contribution in [0.1, 0.15) is 40.8 Å². The van der Waals surface area contributed by atoms with Gasteiger partial charge in [-0.2, -0.15) is 5.10 Å². The number of rotatable bonds is 12. The maximum atomic E-state index is 12.2. The lowest BCUT2D eigenvalue weighted by Gasteiger charge is -2.18. The number of nitrogens with one attached hydrogen (secondary N) is 2. The number of carbonyl (C=O) groups excluding carboxylic acids is 1. The van der Waals surface area contributed by atoms with Crippen LogP contribution in [-0.2, 0) is 24.1 Å². The summed E-state index contributed by atoms with van der Waals surface area (Å²) >= 11 is 1.36. The molecule has 0 saturated carbocycles. The van der Waals surface area contributed by atoms with Gasteiger partial charge in [0.25, 0.3) is 0 Å². The molecule has 1 amide bonds. The Morgan fingerprint density at radius 2 is 1.56 bits per heavy atom. The van der Waals surface area contributed by atoms with Gasteiger partial charge in [-0.15, -0.1) is 15.3 Å². The number of anilines is 2. The topological polar surface area (TPSA) is 133 Å². The molecule has 0 spiro atoms. The van der Waals surface area contributed by atoms with Crippen molar-refractivity contribution in [3.63, 3.8) is 0 Å². The van der Waals surface area contributed by atoms with Crippen molar-refractivity contribution in [2.75, 3.05) is 10.6 Å². The quantitative estimate of drug-likeness (QED) is 0.170. The maximum Gasteiger partial charge on any atom is 0.229 e. The Labute approximate surface area is 213 Å². The molecule has 10 heteroatoms. The second-order valence-corrected chi connectivity index (χ2v) is 9.34. The highest BCUT2D eigenvalue weighted by Gasteiger charge is 2.19. The van der Waals surface area contributed by atoms with E-state index < -0.39 is 12.3 Å². The third-order valence-corrected chi connectivity index (χ3v) is 6.36. The van der Waals surface area contributed by atoms with Gasteiger partial charge in [-0.05, 0) is 42.5 Å². The van der Waals surface area contributed by atoms with Gasteiger partial charge in [-0.25, -0.2) is 0 Å². The first-order valence-electron chi connectivity index (χ1n) is 11.7. The lowest BCUT2D eigenvalue weighted by atomic mass is 10.1. The number of nitrogens with zero attached hydrogens (tertiary/aromatic N) is 4. The van der Waals surface area contributed by atoms with E-state index in [9.17, 15) is 15.0 Å². The van der Waals surface area contributed by atoms with Crippen LogP contribution < -0.4 is 10.6 Å². The molecule has 2 heterocycles. The van der Waals surface area contributed by atoms with Gasteiger partial charge >= 0.3 is 0 Å². The largest absolute Gasteiger partial charge is 0.384 e. The van der Waals surface area contributed by atoms with Crippen LogP contribution in [-0.4, -0.2) is 42.7 Å². The van der Waals surface area contributed by atoms with Crippen molar-refractivity contribution in [1.82, 2.24) is 20.4 Å². The van der Waals surface area contributed by atoms with Crippen LogP contribution in [0.3, 0.4) is 0 Å². The number of aryl methyl sites for hydroxylation is 2. The van der Waals surface area contributed by atoms with E-state index in [4.69, 9.17) is 0 Å². The summed E-state index contributed by atoms with van der Waals surface area (Å²) in [6.45, 7) is 0. The lowest BCUT2D eigenvalue weighted by molar-refractivity contribution is -0.115. The van der Waals surface area contributed by atoms with Crippen LogP contribution in [0.4, 0.5) is 10.9 Å². The van der Waals surface area contributed by atoms with Gasteiger partial charge in [0.15, 0.2) is 12.0 Å². The minimum atomic E-state index is -1.18. The Balaban J connectivity index is 1.16. The fraction of sp³-hybridized carbons (Fsp3) is 0.269. The van der Waals surface area contributed by atoms with E-state index in [0.29, 0.717) is 22.9 Å². The molecule has 0 fully saturated rings. The molecule has 0 aliphatic rings. The summed E-state index contributed by atoms with van der Waals surface area (Å²) in [7, 11) is 0. The van der Waals surface area contributed by atoms with Crippen LogP contribution >= 0.6 is 11.3 Å². The summed E-state index contributed by atoms with van der Waals surface area (Å²) in [6, 6.07) is 22.1. The Morgan fingerprint density at radius 1 is 0.833 bits per heavy atom. The number of benzene rings is 2. The first-order chi connectivity index (χ1) is 17.6. The highest BCUT2D eigenvalue weighted by atomic mass is 32.1. The minimum absolute atomic E-state index is 0.128. The smallest absolute Gasteiger partial charge is 0.229 e. The molecule has 4 N–H and O–H groups in total. The number of hydrogen-bond acceptors (Lipinski definition) is 9. The normalized spacial score (nSPS) is 12.6. The fourth-order valence-corrected chi connectivity index (χ4v) is 4.37. The summed E-state index contributed by atoms with van der Waals surface area (Å²) in [6.07, 6.45) is 1.34. The lowest BCUT2D eigenvalue weighted by Crippen LogP contribution is -2.26. The Bertz CT molecular complexity index is 1220. The van der Waals surface area contributed by atoms with Crippen LogP contribution in [0.5, 0.6) is 0 Å². The Hall–Kier alpha value is -3.73. The highest BCUT2D eigenvalue weighted by Crippen LogP contribution is 2.22. The molecule has 36 heavy (non-hydrogen) atoms. The van der Waals surface area contributed by atoms with Gasteiger partial charge in [-0.1, -0.05) is 72.0 Å². The van der Waals surface area contributed by atoms with Crippen molar-refractivity contribution in [2.45, 2.75) is 44.4 Å². The monoisotopic (exact) mass is 504 g/mol. The van der Waals surface area contributed by atoms with E-state index in [-0.39, 0.29) is 5.91 Å². The molecule has 1 unspecified atom stereocenters. The number of aliphatic hydroxyl groups excluding tert-OH is 2. The number of amides is 1. The molecule has 186 valence electrons. The van der Waals surface area contributed by atoms with E-state index >= 15 is 0 Å². The molecule has 0 aliphatic heterocycles. The van der Waals surface area contributed by atoms with Gasteiger partial charge in [0.2, 0.25) is 11.0 Å². The minimum Gasteiger partial charge on any atom is -0.384 e. The van der Waals surface area contributed by atoms with E-state index in [1.807, 2.05) is 42.5 Å². The molecular weight excluding hydrogens is 476 g/mol. The Morgan fingerprint density at radius 3 is 2.28 bits per heavy atom. The molecule has 9 nitrogen and oxygen atoms in total. The summed E-state index contributed by atoms with van der Waals surface area (Å²) in [5.41, 5.74) is 2.42. The summed E-state index contributed by atoms with van der Waals surface area (Å²) in [4.78, 5) is 12.2. The van der Waals surface area contributed by atoms with E-state index in [1.54, 1.807) is 30.3 Å². The van der Waals surface area contributed by atoms with Crippen molar-refractivity contribution in [3.05, 3.63) is 94.6 Å². The number of unbranched alkanes of at least 4 members (excludes halogenated alkanes) is 1. The second-order valence-electron chi connectivity index (χ2n) is 8.27. The third kappa shape index (κ3) is 7.64. The molecule has 0 radical (unpaired) electrons. The molecule has 0 aliphatic carbocycles. The van der Waals surface area contributed by atoms with Gasteiger partial charge < -0.3 is 20.8 Å². The zero-order valence-corrected chi connectivity index (χ0v) is 20.4. The molecule has 4 rings (SSSR count). The Kier molecular flexibility index (Phi) is 9.03. The third-order valence-electron chi connectivity index (χ3n) is 5.45. The molecule has 2 aromatic heterocycles. The van der Waals surface area contributed by atoms with Crippen molar-refractivity contribution < 1.29 is 15.0 Å². The molecule has 4 aromatic rings. The molecule has 2 aromatic carbocycles. The first kappa shape index (κ1) is 25.4. The standard InChI is InChI=1S/C26H28N6O3S/c33-22(17-18-9-3-1-4-10-18)27-21-16-15-20(29-30-21)13-7-8-14-23-31-32-26(36-23)28-25(35)24(34)19-11-5-2-6-12-19/h1-6,9-12,15-16,24-25,34-35H,7-8,13-14,17H2,(H,28,32)(H,27,30,33)/t24-,25?/m1/s1. The number of carbonyl (C=O) groups is 1. The van der Waals surface area contributed by atoms with Gasteiger partial charge in [-0.3, -0.25) is 4.79 Å². The van der Waals surface area contributed by atoms with E-state index in [2.05, 4.69) is 31.0 Å². The number of aliphatic hydroxyl groups is 2. The van der Waals surface area contributed by atoms with Gasteiger partial charge in [0.1, 0.15) is 11.1 Å². The van der Waals surface area contributed by atoms with E-state index in [0.717, 1.165) is 41.9 Å². The summed E-state index contributed by atoms with van der Waals surface area (Å²) in [5, 5.41) is 44.0. The molecular formula is C26H28N6O3S. The predicted molar refractivity (Wildman–Crippen MR) is 138 cm³/mol. The highest BCUT2D eigenvalue weighted by molar-refractivity contribution is 7.15. The van der Waals surface area contributed by atoms with E-state index in [1.165, 1.54) is 11.3 Å². The molecule has 0 bridgehead atoms. The maximum absolute atomic E-state index is 12.2. The van der Waals surface area contributed by atoms with Crippen molar-refractivity contribution in [1.29, 1.82) is 0 Å². The van der Waals surface area contributed by atoms with Crippen molar-refractivity contribution in [3.8, 4) is 0 Å². The van der Waals surface area contributed by atoms with Crippen LogP contribution in [0.2, 0.25) is 0 Å². The van der Waals surface area contributed by atoms with Crippen LogP contribution in [0, 0.1) is 0 Å². The zero-order chi connectivity index (χ0) is 25.2. The predicted octanol–water partition coefficient (Wildman–Crippen LogP) is 3.54. The van der Waals surface area contributed by atoms with Crippen LogP contribution in [0.25, 0.3) is 0 Å². The fourth-order valence-electron chi connectivity index (χ4n) is 3.56. The van der Waals surface area contributed by atoms with Gasteiger partial charge in [0.05, 0.1) is 12.1 Å². The number of hydrogen-bond donors (Lipinski definition) is 4. The number of aromatic nitrogens is 4. The average molecular weight is 505 g/mol. The second kappa shape index (κ2) is 12.8. The first-order valence-corrected chi connectivity index (χ1v) is 12.5. The summed E-state index contributed by atoms with van der Waals surface area (Å²) in [5.74, 6) is 0.310. The molecule has 2 atom stereocenters. The van der Waals surface area contributed by atoms with Crippen molar-refractivity contribution >= 4 is 28.2 Å².